The third kappa shape index (κ3) is 6.84. The van der Waals surface area contributed by atoms with Crippen molar-refractivity contribution in [3.8, 4) is 0 Å². The molecule has 0 rings (SSSR count). The van der Waals surface area contributed by atoms with E-state index in [1.165, 1.54) is 0 Å². The lowest BCUT2D eigenvalue weighted by Crippen LogP contribution is -2.00. The summed E-state index contributed by atoms with van der Waals surface area (Å²) in [4.78, 5) is 2.26. The smallest absolute Gasteiger partial charge is 0.167 e. The first-order chi connectivity index (χ1) is 4.56. The summed E-state index contributed by atoms with van der Waals surface area (Å²) < 4.78 is 33.8. The van der Waals surface area contributed by atoms with Crippen LogP contribution in [0.1, 0.15) is 0 Å². The Morgan fingerprint density at radius 1 is 1.50 bits per heavy atom. The predicted molar refractivity (Wildman–Crippen MR) is 29.2 cm³/mol. The number of nitrogens with zero attached hydrogens (tertiary/aromatic N) is 3. The van der Waals surface area contributed by atoms with Crippen LogP contribution < -0.4 is 0 Å². The molecule has 0 unspecified atom stereocenters. The van der Waals surface area contributed by atoms with Gasteiger partial charge in [-0.25, -0.2) is 0 Å². The Morgan fingerprint density at radius 2 is 2.10 bits per heavy atom. The molecular weight excluding hydrogens is 147 g/mol. The van der Waals surface area contributed by atoms with Crippen LogP contribution in [-0.2, 0) is 0 Å². The number of hydrogen-bond acceptors (Lipinski definition) is 1. The minimum absolute atomic E-state index is 0.0294. The molecule has 0 N–H and O–H groups in total. The van der Waals surface area contributed by atoms with Gasteiger partial charge in [0, 0.05) is 17.5 Å². The molecule has 0 amide bonds. The van der Waals surface area contributed by atoms with Gasteiger partial charge in [-0.1, -0.05) is 11.2 Å². The maximum atomic E-state index is 11.3. The number of azide groups is 1. The van der Waals surface area contributed by atoms with Gasteiger partial charge in [0.2, 0.25) is 0 Å². The Labute approximate surface area is 54.8 Å². The van der Waals surface area contributed by atoms with Crippen molar-refractivity contribution in [2.24, 2.45) is 5.11 Å². The second kappa shape index (κ2) is 3.79. The highest BCUT2D eigenvalue weighted by molar-refractivity contribution is 4.89. The van der Waals surface area contributed by atoms with Gasteiger partial charge in [0.05, 0.1) is 0 Å². The summed E-state index contributed by atoms with van der Waals surface area (Å²) in [5.74, 6) is 0. The van der Waals surface area contributed by atoms with Crippen LogP contribution in [0.4, 0.5) is 13.2 Å². The van der Waals surface area contributed by atoms with Gasteiger partial charge >= 0.3 is 6.18 Å². The summed E-state index contributed by atoms with van der Waals surface area (Å²) in [7, 11) is 0. The summed E-state index contributed by atoms with van der Waals surface area (Å²) in [6.45, 7) is -0.268. The van der Waals surface area contributed by atoms with Crippen molar-refractivity contribution in [1.29, 1.82) is 0 Å². The first-order valence-corrected chi connectivity index (χ1v) is 2.31. The second-order valence-corrected chi connectivity index (χ2v) is 1.36. The van der Waals surface area contributed by atoms with Crippen LogP contribution in [0.15, 0.2) is 17.3 Å². The molecule has 0 aliphatic heterocycles. The van der Waals surface area contributed by atoms with Gasteiger partial charge in [-0.3, -0.25) is 0 Å². The van der Waals surface area contributed by atoms with Gasteiger partial charge in [-0.15, -0.1) is 0 Å². The van der Waals surface area contributed by atoms with E-state index in [-0.39, 0.29) is 12.6 Å². The molecule has 0 aromatic rings. The van der Waals surface area contributed by atoms with E-state index in [1.54, 1.807) is 0 Å². The normalized spacial score (nSPS) is 11.5. The molecule has 3 nitrogen and oxygen atoms in total. The van der Waals surface area contributed by atoms with Gasteiger partial charge in [0.25, 0.3) is 0 Å². The van der Waals surface area contributed by atoms with Gasteiger partial charge in [-0.2, -0.15) is 13.2 Å². The minimum Gasteiger partial charge on any atom is -0.167 e. The third-order valence-electron chi connectivity index (χ3n) is 0.557. The lowest BCUT2D eigenvalue weighted by atomic mass is 10.5. The lowest BCUT2D eigenvalue weighted by Gasteiger charge is -1.94. The highest BCUT2D eigenvalue weighted by atomic mass is 19.4. The van der Waals surface area contributed by atoms with E-state index in [2.05, 4.69) is 10.0 Å². The first kappa shape index (κ1) is 8.84. The summed E-state index contributed by atoms with van der Waals surface area (Å²) in [6, 6.07) is 0. The maximum absolute atomic E-state index is 11.3. The molecule has 0 fully saturated rings. The zero-order valence-corrected chi connectivity index (χ0v) is 4.84. The summed E-state index contributed by atoms with van der Waals surface area (Å²) in [5.41, 5.74) is 7.64. The Bertz CT molecular complexity index is 165. The molecule has 0 saturated carbocycles. The van der Waals surface area contributed by atoms with E-state index < -0.39 is 6.18 Å². The summed E-state index contributed by atoms with van der Waals surface area (Å²) in [5, 5.41) is 2.87. The standard InChI is InChI=1S/C4H4F3N3/c5-4(6,7)2-1-3-9-10-8/h1-2H,3H2/b2-1+. The fraction of sp³-hybridized carbons (Fsp3) is 0.500. The van der Waals surface area contributed by atoms with Crippen LogP contribution in [0.25, 0.3) is 10.4 Å². The average Bonchev–Trinajstić information content (AvgIpc) is 1.78. The van der Waals surface area contributed by atoms with E-state index in [9.17, 15) is 13.2 Å². The Hall–Kier alpha value is -1.16. The van der Waals surface area contributed by atoms with Crippen molar-refractivity contribution >= 4 is 0 Å². The molecule has 0 spiro atoms. The second-order valence-electron chi connectivity index (χ2n) is 1.36. The van der Waals surface area contributed by atoms with Crippen molar-refractivity contribution in [3.05, 3.63) is 22.6 Å². The average molecular weight is 151 g/mol. The van der Waals surface area contributed by atoms with Crippen molar-refractivity contribution in [3.63, 3.8) is 0 Å². The molecule has 0 saturated heterocycles. The highest BCUT2D eigenvalue weighted by Crippen LogP contribution is 2.15. The van der Waals surface area contributed by atoms with E-state index in [0.717, 1.165) is 6.08 Å². The van der Waals surface area contributed by atoms with Crippen molar-refractivity contribution in [2.75, 3.05) is 6.54 Å². The van der Waals surface area contributed by atoms with Crippen molar-refractivity contribution < 1.29 is 13.2 Å². The molecule has 0 heterocycles. The predicted octanol–water partition coefficient (Wildman–Crippen LogP) is 2.42. The number of alkyl halides is 3. The largest absolute Gasteiger partial charge is 0.409 e. The van der Waals surface area contributed by atoms with Crippen LogP contribution in [0.5, 0.6) is 0 Å². The van der Waals surface area contributed by atoms with Crippen molar-refractivity contribution in [1.82, 2.24) is 0 Å². The molecule has 0 bridgehead atoms. The maximum Gasteiger partial charge on any atom is 0.409 e. The molecule has 6 heteroatoms. The zero-order chi connectivity index (χ0) is 8.04. The first-order valence-electron chi connectivity index (χ1n) is 2.31. The van der Waals surface area contributed by atoms with E-state index >= 15 is 0 Å². The van der Waals surface area contributed by atoms with Crippen molar-refractivity contribution in [2.45, 2.75) is 6.18 Å². The molecular formula is C4H4F3N3. The lowest BCUT2D eigenvalue weighted by molar-refractivity contribution is -0.0799. The quantitative estimate of drug-likeness (QED) is 0.252. The summed E-state index contributed by atoms with van der Waals surface area (Å²) in [6.07, 6.45) is -3.54. The Kier molecular flexibility index (Phi) is 3.35. The van der Waals surface area contributed by atoms with Crippen LogP contribution in [0, 0.1) is 0 Å². The molecule has 0 aromatic carbocycles. The minimum atomic E-state index is -4.31. The molecule has 56 valence electrons. The van der Waals surface area contributed by atoms with Gasteiger partial charge < -0.3 is 0 Å². The highest BCUT2D eigenvalue weighted by Gasteiger charge is 2.21. The van der Waals surface area contributed by atoms with E-state index in [4.69, 9.17) is 5.53 Å². The molecule has 0 aliphatic rings. The molecule has 0 radical (unpaired) electrons. The zero-order valence-electron chi connectivity index (χ0n) is 4.84. The molecule has 0 aromatic heterocycles. The SMILES string of the molecule is [N-]=[N+]=NC/C=C/C(F)(F)F. The molecule has 10 heavy (non-hydrogen) atoms. The Morgan fingerprint density at radius 3 is 2.50 bits per heavy atom. The number of halogens is 3. The molecule has 0 aliphatic carbocycles. The van der Waals surface area contributed by atoms with Gasteiger partial charge in [-0.05, 0) is 5.53 Å². The molecule has 0 atom stereocenters. The number of hydrogen-bond donors (Lipinski definition) is 0. The Balaban J connectivity index is 3.67. The van der Waals surface area contributed by atoms with Crippen LogP contribution in [0.2, 0.25) is 0 Å². The monoisotopic (exact) mass is 151 g/mol. The van der Waals surface area contributed by atoms with E-state index in [1.807, 2.05) is 0 Å². The number of rotatable bonds is 2. The fourth-order valence-electron chi connectivity index (χ4n) is 0.270. The number of allylic oxidation sites excluding steroid dienone is 1. The van der Waals surface area contributed by atoms with Gasteiger partial charge in [0.15, 0.2) is 0 Å². The van der Waals surface area contributed by atoms with Crippen LogP contribution in [0.3, 0.4) is 0 Å². The fourth-order valence-corrected chi connectivity index (χ4v) is 0.270. The van der Waals surface area contributed by atoms with E-state index in [0.29, 0.717) is 0 Å². The van der Waals surface area contributed by atoms with Gasteiger partial charge in [0.1, 0.15) is 0 Å². The van der Waals surface area contributed by atoms with Crippen LogP contribution in [-0.4, -0.2) is 12.7 Å². The van der Waals surface area contributed by atoms with Crippen LogP contribution >= 0.6 is 0 Å². The topological polar surface area (TPSA) is 48.8 Å². The third-order valence-corrected chi connectivity index (χ3v) is 0.557. The summed E-state index contributed by atoms with van der Waals surface area (Å²) >= 11 is 0.